The molecule has 0 aromatic heterocycles. The van der Waals surface area contributed by atoms with Gasteiger partial charge in [-0.25, -0.2) is 0 Å². The molecule has 0 aliphatic carbocycles. The number of benzene rings is 2. The zero-order valence-corrected chi connectivity index (χ0v) is 9.32. The first-order valence-electron chi connectivity index (χ1n) is 4.90. The summed E-state index contributed by atoms with van der Waals surface area (Å²) < 4.78 is 5.64. The summed E-state index contributed by atoms with van der Waals surface area (Å²) in [7, 11) is 0. The molecule has 0 amide bonds. The van der Waals surface area contributed by atoms with Crippen LogP contribution >= 0.6 is 11.6 Å². The minimum absolute atomic E-state index is 0.166. The number of halogens is 1. The van der Waals surface area contributed by atoms with Crippen LogP contribution in [-0.2, 0) is 5.88 Å². The molecular formula is C13H11ClO2. The Kier molecular flexibility index (Phi) is 3.32. The lowest BCUT2D eigenvalue weighted by Crippen LogP contribution is -1.89. The van der Waals surface area contributed by atoms with Gasteiger partial charge in [0.25, 0.3) is 0 Å². The number of aromatic hydroxyl groups is 1. The van der Waals surface area contributed by atoms with Gasteiger partial charge in [-0.3, -0.25) is 0 Å². The van der Waals surface area contributed by atoms with Gasteiger partial charge in [0.05, 0.1) is 5.88 Å². The SMILES string of the molecule is Oc1ccc(CCl)c(Oc2ccccc2)c1. The van der Waals surface area contributed by atoms with Gasteiger partial charge in [0.2, 0.25) is 0 Å². The Hall–Kier alpha value is -1.67. The molecule has 0 heterocycles. The minimum Gasteiger partial charge on any atom is -0.508 e. The van der Waals surface area contributed by atoms with Crippen molar-refractivity contribution in [2.45, 2.75) is 5.88 Å². The Morgan fingerprint density at radius 1 is 1.06 bits per heavy atom. The average Bonchev–Trinajstić information content (AvgIpc) is 2.31. The summed E-state index contributed by atoms with van der Waals surface area (Å²) in [5, 5.41) is 9.39. The van der Waals surface area contributed by atoms with Gasteiger partial charge in [0, 0.05) is 11.6 Å². The van der Waals surface area contributed by atoms with Crippen molar-refractivity contribution in [2.75, 3.05) is 0 Å². The van der Waals surface area contributed by atoms with E-state index in [2.05, 4.69) is 0 Å². The summed E-state index contributed by atoms with van der Waals surface area (Å²) in [6.07, 6.45) is 0. The highest BCUT2D eigenvalue weighted by Gasteiger charge is 2.05. The van der Waals surface area contributed by atoms with Crippen molar-refractivity contribution in [3.05, 3.63) is 54.1 Å². The molecule has 2 aromatic rings. The summed E-state index contributed by atoms with van der Waals surface area (Å²) >= 11 is 5.79. The van der Waals surface area contributed by atoms with Crippen molar-refractivity contribution in [1.82, 2.24) is 0 Å². The number of alkyl halides is 1. The molecule has 2 aromatic carbocycles. The highest BCUT2D eigenvalue weighted by Crippen LogP contribution is 2.29. The number of ether oxygens (including phenoxy) is 1. The quantitative estimate of drug-likeness (QED) is 0.816. The topological polar surface area (TPSA) is 29.5 Å². The lowest BCUT2D eigenvalue weighted by atomic mass is 10.2. The number of phenolic OH excluding ortho intramolecular Hbond substituents is 1. The Labute approximate surface area is 99.1 Å². The van der Waals surface area contributed by atoms with Crippen molar-refractivity contribution < 1.29 is 9.84 Å². The van der Waals surface area contributed by atoms with E-state index in [4.69, 9.17) is 16.3 Å². The number of phenols is 1. The molecule has 0 spiro atoms. The van der Waals surface area contributed by atoms with E-state index in [0.717, 1.165) is 11.3 Å². The van der Waals surface area contributed by atoms with Crippen molar-refractivity contribution >= 4 is 11.6 Å². The summed E-state index contributed by atoms with van der Waals surface area (Å²) in [6, 6.07) is 14.3. The van der Waals surface area contributed by atoms with Crippen LogP contribution in [0.2, 0.25) is 0 Å². The Balaban J connectivity index is 2.30. The molecule has 82 valence electrons. The third-order valence-electron chi connectivity index (χ3n) is 2.17. The van der Waals surface area contributed by atoms with E-state index in [1.807, 2.05) is 30.3 Å². The minimum atomic E-state index is 0.166. The normalized spacial score (nSPS) is 10.1. The molecule has 0 radical (unpaired) electrons. The van der Waals surface area contributed by atoms with E-state index in [1.54, 1.807) is 18.2 Å². The summed E-state index contributed by atoms with van der Waals surface area (Å²) in [5.74, 6) is 1.82. The fourth-order valence-electron chi connectivity index (χ4n) is 1.36. The lowest BCUT2D eigenvalue weighted by molar-refractivity contribution is 0.452. The summed E-state index contributed by atoms with van der Waals surface area (Å²) in [6.45, 7) is 0. The van der Waals surface area contributed by atoms with Crippen LogP contribution in [0.15, 0.2) is 48.5 Å². The van der Waals surface area contributed by atoms with Gasteiger partial charge in [-0.1, -0.05) is 24.3 Å². The molecule has 3 heteroatoms. The molecule has 0 fully saturated rings. The molecule has 0 aliphatic rings. The monoisotopic (exact) mass is 234 g/mol. The number of rotatable bonds is 3. The number of hydrogen-bond acceptors (Lipinski definition) is 2. The van der Waals surface area contributed by atoms with Crippen molar-refractivity contribution in [3.8, 4) is 17.2 Å². The maximum atomic E-state index is 9.39. The summed E-state index contributed by atoms with van der Waals surface area (Å²) in [5.41, 5.74) is 0.850. The molecule has 16 heavy (non-hydrogen) atoms. The Morgan fingerprint density at radius 2 is 1.81 bits per heavy atom. The van der Waals surface area contributed by atoms with Crippen LogP contribution in [0.25, 0.3) is 0 Å². The highest BCUT2D eigenvalue weighted by atomic mass is 35.5. The van der Waals surface area contributed by atoms with Crippen LogP contribution in [0.5, 0.6) is 17.2 Å². The van der Waals surface area contributed by atoms with Gasteiger partial charge < -0.3 is 9.84 Å². The predicted octanol–water partition coefficient (Wildman–Crippen LogP) is 3.92. The fraction of sp³-hybridized carbons (Fsp3) is 0.0769. The van der Waals surface area contributed by atoms with Crippen LogP contribution in [0.3, 0.4) is 0 Å². The van der Waals surface area contributed by atoms with Crippen LogP contribution in [0.1, 0.15) is 5.56 Å². The van der Waals surface area contributed by atoms with Gasteiger partial charge in [-0.15, -0.1) is 11.6 Å². The lowest BCUT2D eigenvalue weighted by Gasteiger charge is -2.09. The van der Waals surface area contributed by atoms with E-state index in [1.165, 1.54) is 0 Å². The van der Waals surface area contributed by atoms with Crippen molar-refractivity contribution in [1.29, 1.82) is 0 Å². The molecule has 1 N–H and O–H groups in total. The molecular weight excluding hydrogens is 224 g/mol. The van der Waals surface area contributed by atoms with Crippen molar-refractivity contribution in [3.63, 3.8) is 0 Å². The third-order valence-corrected chi connectivity index (χ3v) is 2.45. The van der Waals surface area contributed by atoms with Crippen LogP contribution < -0.4 is 4.74 Å². The molecule has 0 aliphatic heterocycles. The van der Waals surface area contributed by atoms with Crippen molar-refractivity contribution in [2.24, 2.45) is 0 Å². The fourth-order valence-corrected chi connectivity index (χ4v) is 1.58. The average molecular weight is 235 g/mol. The second-order valence-corrected chi connectivity index (χ2v) is 3.61. The molecule has 0 bridgehead atoms. The molecule has 2 nitrogen and oxygen atoms in total. The zero-order valence-electron chi connectivity index (χ0n) is 8.56. The smallest absolute Gasteiger partial charge is 0.135 e. The zero-order chi connectivity index (χ0) is 11.4. The Morgan fingerprint density at radius 3 is 2.50 bits per heavy atom. The first-order valence-corrected chi connectivity index (χ1v) is 5.44. The second kappa shape index (κ2) is 4.90. The maximum absolute atomic E-state index is 9.39. The van der Waals surface area contributed by atoms with E-state index in [0.29, 0.717) is 11.6 Å². The molecule has 0 unspecified atom stereocenters. The molecule has 0 atom stereocenters. The van der Waals surface area contributed by atoms with Gasteiger partial charge in [0.1, 0.15) is 17.2 Å². The largest absolute Gasteiger partial charge is 0.508 e. The van der Waals surface area contributed by atoms with Crippen LogP contribution in [-0.4, -0.2) is 5.11 Å². The highest BCUT2D eigenvalue weighted by molar-refractivity contribution is 6.17. The number of para-hydroxylation sites is 1. The first-order chi connectivity index (χ1) is 7.79. The van der Waals surface area contributed by atoms with Crippen LogP contribution in [0, 0.1) is 0 Å². The number of hydrogen-bond donors (Lipinski definition) is 1. The van der Waals surface area contributed by atoms with Gasteiger partial charge in [-0.05, 0) is 18.2 Å². The summed E-state index contributed by atoms with van der Waals surface area (Å²) in [4.78, 5) is 0. The van der Waals surface area contributed by atoms with Gasteiger partial charge >= 0.3 is 0 Å². The van der Waals surface area contributed by atoms with E-state index in [-0.39, 0.29) is 5.75 Å². The molecule has 2 rings (SSSR count). The van der Waals surface area contributed by atoms with Gasteiger partial charge in [-0.2, -0.15) is 0 Å². The second-order valence-electron chi connectivity index (χ2n) is 3.34. The van der Waals surface area contributed by atoms with E-state index >= 15 is 0 Å². The van der Waals surface area contributed by atoms with E-state index in [9.17, 15) is 5.11 Å². The predicted molar refractivity (Wildman–Crippen MR) is 64.2 cm³/mol. The Bertz CT molecular complexity index is 469. The molecule has 0 saturated heterocycles. The van der Waals surface area contributed by atoms with Gasteiger partial charge in [0.15, 0.2) is 0 Å². The maximum Gasteiger partial charge on any atom is 0.135 e. The van der Waals surface area contributed by atoms with Crippen LogP contribution in [0.4, 0.5) is 0 Å². The third kappa shape index (κ3) is 2.47. The molecule has 0 saturated carbocycles. The van der Waals surface area contributed by atoms with E-state index < -0.39 is 0 Å². The first kappa shape index (κ1) is 10.8. The standard InChI is InChI=1S/C13H11ClO2/c14-9-10-6-7-11(15)8-13(10)16-12-4-2-1-3-5-12/h1-8,15H,9H2.